The van der Waals surface area contributed by atoms with Crippen molar-refractivity contribution in [2.24, 2.45) is 0 Å². The first-order valence-corrected chi connectivity index (χ1v) is 8.12. The monoisotopic (exact) mass is 326 g/mol. The molecule has 0 aliphatic rings. The fourth-order valence-corrected chi connectivity index (χ4v) is 3.17. The quantitative estimate of drug-likeness (QED) is 0.882. The van der Waals surface area contributed by atoms with Crippen LogP contribution in [0.1, 0.15) is 18.6 Å². The van der Waals surface area contributed by atoms with Crippen molar-refractivity contribution in [3.63, 3.8) is 0 Å². The smallest absolute Gasteiger partial charge is 0.242 e. The molecule has 0 saturated carbocycles. The minimum Gasteiger partial charge on any atom is -0.387 e. The van der Waals surface area contributed by atoms with E-state index in [1.807, 2.05) is 0 Å². The van der Waals surface area contributed by atoms with Crippen LogP contribution >= 0.6 is 11.6 Å². The van der Waals surface area contributed by atoms with Crippen LogP contribution in [-0.4, -0.2) is 24.6 Å². The summed E-state index contributed by atoms with van der Waals surface area (Å²) in [5.41, 5.74) is 0.584. The Bertz CT molecular complexity index is 690. The van der Waals surface area contributed by atoms with Gasteiger partial charge in [0.25, 0.3) is 0 Å². The Balaban J connectivity index is 2.14. The zero-order chi connectivity index (χ0) is 15.5. The molecule has 2 N–H and O–H groups in total. The molecule has 2 aromatic rings. The van der Waals surface area contributed by atoms with Crippen LogP contribution in [0.15, 0.2) is 53.7 Å². The standard InChI is InChI=1S/C14H15ClN2O3S/c1-10(14(18)11-4-6-12(15)7-5-11)17-21(19,20)13-3-2-8-16-9-13/h2-10,14,17-18H,1H3. The third kappa shape index (κ3) is 4.01. The van der Waals surface area contributed by atoms with Gasteiger partial charge in [0.15, 0.2) is 0 Å². The van der Waals surface area contributed by atoms with Crippen LogP contribution in [-0.2, 0) is 10.0 Å². The molecule has 0 amide bonds. The van der Waals surface area contributed by atoms with Crippen molar-refractivity contribution < 1.29 is 13.5 Å². The minimum absolute atomic E-state index is 0.0557. The number of pyridine rings is 1. The molecule has 0 aliphatic heterocycles. The van der Waals surface area contributed by atoms with E-state index in [9.17, 15) is 13.5 Å². The summed E-state index contributed by atoms with van der Waals surface area (Å²) in [5.74, 6) is 0. The van der Waals surface area contributed by atoms with Gasteiger partial charge in [0.1, 0.15) is 4.90 Å². The van der Waals surface area contributed by atoms with Gasteiger partial charge in [-0.15, -0.1) is 0 Å². The number of hydrogen-bond donors (Lipinski definition) is 2. The summed E-state index contributed by atoms with van der Waals surface area (Å²) < 4.78 is 26.7. The van der Waals surface area contributed by atoms with Gasteiger partial charge in [0.05, 0.1) is 6.10 Å². The second kappa shape index (κ2) is 6.53. The number of aromatic nitrogens is 1. The second-order valence-electron chi connectivity index (χ2n) is 4.60. The molecule has 1 aromatic heterocycles. The van der Waals surface area contributed by atoms with E-state index in [1.165, 1.54) is 24.5 Å². The molecule has 5 nitrogen and oxygen atoms in total. The molecule has 2 atom stereocenters. The highest BCUT2D eigenvalue weighted by molar-refractivity contribution is 7.89. The van der Waals surface area contributed by atoms with Gasteiger partial charge in [-0.2, -0.15) is 0 Å². The van der Waals surface area contributed by atoms with Crippen LogP contribution in [0.4, 0.5) is 0 Å². The second-order valence-corrected chi connectivity index (χ2v) is 6.75. The fraction of sp³-hybridized carbons (Fsp3) is 0.214. The first-order chi connectivity index (χ1) is 9.90. The lowest BCUT2D eigenvalue weighted by atomic mass is 10.0. The van der Waals surface area contributed by atoms with Crippen LogP contribution in [0.5, 0.6) is 0 Å². The normalized spacial score (nSPS) is 14.6. The Hall–Kier alpha value is -1.47. The lowest BCUT2D eigenvalue weighted by Gasteiger charge is -2.20. The fourth-order valence-electron chi connectivity index (χ4n) is 1.83. The van der Waals surface area contributed by atoms with Crippen molar-refractivity contribution in [2.45, 2.75) is 24.0 Å². The van der Waals surface area contributed by atoms with Gasteiger partial charge >= 0.3 is 0 Å². The Labute approximate surface area is 128 Å². The highest BCUT2D eigenvalue weighted by Crippen LogP contribution is 2.20. The molecule has 0 bridgehead atoms. The van der Waals surface area contributed by atoms with E-state index in [0.29, 0.717) is 10.6 Å². The Kier molecular flexibility index (Phi) is 4.95. The molecule has 2 unspecified atom stereocenters. The molecule has 1 heterocycles. The summed E-state index contributed by atoms with van der Waals surface area (Å²) in [6, 6.07) is 8.87. The first kappa shape index (κ1) is 15.9. The highest BCUT2D eigenvalue weighted by Gasteiger charge is 2.23. The minimum atomic E-state index is -3.72. The summed E-state index contributed by atoms with van der Waals surface area (Å²) in [6.45, 7) is 1.59. The molecule has 0 radical (unpaired) electrons. The van der Waals surface area contributed by atoms with Gasteiger partial charge in [-0.25, -0.2) is 13.1 Å². The van der Waals surface area contributed by atoms with E-state index in [0.717, 1.165) is 0 Å². The molecule has 0 fully saturated rings. The maximum absolute atomic E-state index is 12.1. The number of sulfonamides is 1. The van der Waals surface area contributed by atoms with Crippen molar-refractivity contribution in [3.8, 4) is 0 Å². The van der Waals surface area contributed by atoms with Crippen LogP contribution in [0.3, 0.4) is 0 Å². The first-order valence-electron chi connectivity index (χ1n) is 6.26. The lowest BCUT2D eigenvalue weighted by molar-refractivity contribution is 0.146. The molecular formula is C14H15ClN2O3S. The third-order valence-corrected chi connectivity index (χ3v) is 4.77. The van der Waals surface area contributed by atoms with E-state index in [-0.39, 0.29) is 4.90 Å². The number of hydrogen-bond acceptors (Lipinski definition) is 4. The summed E-state index contributed by atoms with van der Waals surface area (Å²) in [4.78, 5) is 3.83. The van der Waals surface area contributed by atoms with Gasteiger partial charge < -0.3 is 5.11 Å². The highest BCUT2D eigenvalue weighted by atomic mass is 35.5. The molecule has 112 valence electrons. The predicted molar refractivity (Wildman–Crippen MR) is 80.4 cm³/mol. The van der Waals surface area contributed by atoms with E-state index >= 15 is 0 Å². The average molecular weight is 327 g/mol. The topological polar surface area (TPSA) is 79.3 Å². The van der Waals surface area contributed by atoms with E-state index in [4.69, 9.17) is 11.6 Å². The van der Waals surface area contributed by atoms with E-state index in [1.54, 1.807) is 31.2 Å². The molecule has 2 rings (SSSR count). The molecule has 0 spiro atoms. The molecule has 7 heteroatoms. The van der Waals surface area contributed by atoms with E-state index in [2.05, 4.69) is 9.71 Å². The maximum atomic E-state index is 12.1. The summed E-state index contributed by atoms with van der Waals surface area (Å²) in [7, 11) is -3.72. The van der Waals surface area contributed by atoms with Gasteiger partial charge in [-0.1, -0.05) is 23.7 Å². The summed E-state index contributed by atoms with van der Waals surface area (Å²) in [5, 5.41) is 10.8. The van der Waals surface area contributed by atoms with Crippen molar-refractivity contribution in [2.75, 3.05) is 0 Å². The molecule has 0 aliphatic carbocycles. The number of halogens is 1. The zero-order valence-corrected chi connectivity index (χ0v) is 12.8. The number of aliphatic hydroxyl groups excluding tert-OH is 1. The van der Waals surface area contributed by atoms with Crippen molar-refractivity contribution >= 4 is 21.6 Å². The SMILES string of the molecule is CC(NS(=O)(=O)c1cccnc1)C(O)c1ccc(Cl)cc1. The Morgan fingerprint density at radius 3 is 2.48 bits per heavy atom. The number of nitrogens with zero attached hydrogens (tertiary/aromatic N) is 1. The van der Waals surface area contributed by atoms with Crippen LogP contribution in [0, 0.1) is 0 Å². The van der Waals surface area contributed by atoms with E-state index < -0.39 is 22.2 Å². The molecule has 1 aromatic carbocycles. The van der Waals surface area contributed by atoms with Gasteiger partial charge in [0.2, 0.25) is 10.0 Å². The van der Waals surface area contributed by atoms with Crippen LogP contribution in [0.25, 0.3) is 0 Å². The predicted octanol–water partition coefficient (Wildman–Crippen LogP) is 2.14. The Morgan fingerprint density at radius 1 is 1.24 bits per heavy atom. The van der Waals surface area contributed by atoms with Crippen molar-refractivity contribution in [1.82, 2.24) is 9.71 Å². The van der Waals surface area contributed by atoms with Crippen LogP contribution < -0.4 is 4.72 Å². The average Bonchev–Trinajstić information content (AvgIpc) is 2.48. The summed E-state index contributed by atoms with van der Waals surface area (Å²) >= 11 is 5.78. The number of nitrogens with one attached hydrogen (secondary N) is 1. The molecule has 0 saturated heterocycles. The molecular weight excluding hydrogens is 312 g/mol. The number of aliphatic hydroxyl groups is 1. The number of rotatable bonds is 5. The zero-order valence-electron chi connectivity index (χ0n) is 11.3. The van der Waals surface area contributed by atoms with Gasteiger partial charge in [-0.3, -0.25) is 4.98 Å². The van der Waals surface area contributed by atoms with Crippen LogP contribution in [0.2, 0.25) is 5.02 Å². The summed E-state index contributed by atoms with van der Waals surface area (Å²) in [6.07, 6.45) is 1.77. The molecule has 21 heavy (non-hydrogen) atoms. The maximum Gasteiger partial charge on any atom is 0.242 e. The largest absolute Gasteiger partial charge is 0.387 e. The third-order valence-electron chi connectivity index (χ3n) is 2.97. The van der Waals surface area contributed by atoms with Crippen molar-refractivity contribution in [3.05, 3.63) is 59.4 Å². The Morgan fingerprint density at radius 2 is 1.90 bits per heavy atom. The number of benzene rings is 1. The van der Waals surface area contributed by atoms with Crippen molar-refractivity contribution in [1.29, 1.82) is 0 Å². The lowest BCUT2D eigenvalue weighted by Crippen LogP contribution is -2.37. The van der Waals surface area contributed by atoms with Gasteiger partial charge in [-0.05, 0) is 36.8 Å². The van der Waals surface area contributed by atoms with Gasteiger partial charge in [0, 0.05) is 23.5 Å².